The second-order valence-electron chi connectivity index (χ2n) is 4.29. The highest BCUT2D eigenvalue weighted by Gasteiger charge is 2.24. The number of carbonyl (C=O) groups is 1. The molecule has 0 fully saturated rings. The van der Waals surface area contributed by atoms with Crippen LogP contribution < -0.4 is 0 Å². The number of aryl methyl sites for hydroxylation is 1. The molecule has 0 aliphatic heterocycles. The maximum atomic E-state index is 10.9. The van der Waals surface area contributed by atoms with Crippen LogP contribution in [0.3, 0.4) is 0 Å². The van der Waals surface area contributed by atoms with E-state index < -0.39 is 0 Å². The molecule has 14 heavy (non-hydrogen) atoms. The largest absolute Gasteiger partial charge is 0.303 e. The highest BCUT2D eigenvalue weighted by atomic mass is 16.1. The van der Waals surface area contributed by atoms with E-state index in [1.165, 1.54) is 27.8 Å². The molecule has 1 nitrogen and oxygen atoms in total. The lowest BCUT2D eigenvalue weighted by atomic mass is 9.93. The Labute approximate surface area is 85.1 Å². The molecule has 0 aromatic heterocycles. The molecule has 1 aromatic rings. The van der Waals surface area contributed by atoms with Gasteiger partial charge >= 0.3 is 0 Å². The first-order valence-corrected chi connectivity index (χ1v) is 5.20. The lowest BCUT2D eigenvalue weighted by Gasteiger charge is -2.12. The Kier molecular flexibility index (Phi) is 2.18. The van der Waals surface area contributed by atoms with Crippen molar-refractivity contribution in [2.45, 2.75) is 39.5 Å². The molecule has 0 spiro atoms. The summed E-state index contributed by atoms with van der Waals surface area (Å²) in [5.74, 6) is 0.156. The van der Waals surface area contributed by atoms with E-state index in [1.54, 1.807) is 0 Å². The molecule has 0 bridgehead atoms. The maximum absolute atomic E-state index is 10.9. The van der Waals surface area contributed by atoms with Gasteiger partial charge in [0.05, 0.1) is 0 Å². The van der Waals surface area contributed by atoms with Crippen molar-refractivity contribution < 1.29 is 4.79 Å². The molecule has 0 heterocycles. The zero-order valence-electron chi connectivity index (χ0n) is 9.05. The Bertz CT molecular complexity index is 391. The lowest BCUT2D eigenvalue weighted by molar-refractivity contribution is -0.109. The minimum absolute atomic E-state index is 0.156. The van der Waals surface area contributed by atoms with Gasteiger partial charge in [0.1, 0.15) is 6.29 Å². The minimum atomic E-state index is 0.156. The highest BCUT2D eigenvalue weighted by molar-refractivity contribution is 5.67. The molecular formula is C13H16O. The van der Waals surface area contributed by atoms with Gasteiger partial charge in [-0.05, 0) is 61.4 Å². The van der Waals surface area contributed by atoms with Crippen LogP contribution in [0.4, 0.5) is 0 Å². The van der Waals surface area contributed by atoms with E-state index in [0.29, 0.717) is 0 Å². The van der Waals surface area contributed by atoms with Crippen molar-refractivity contribution in [2.75, 3.05) is 0 Å². The average molecular weight is 188 g/mol. The van der Waals surface area contributed by atoms with Crippen LogP contribution in [0, 0.1) is 20.8 Å². The van der Waals surface area contributed by atoms with Crippen LogP contribution >= 0.6 is 0 Å². The van der Waals surface area contributed by atoms with E-state index >= 15 is 0 Å². The second-order valence-corrected chi connectivity index (χ2v) is 4.29. The molecule has 1 aliphatic rings. The number of carbonyl (C=O) groups excluding carboxylic acids is 1. The molecule has 1 unspecified atom stereocenters. The molecule has 1 atom stereocenters. The second kappa shape index (κ2) is 3.23. The summed E-state index contributed by atoms with van der Waals surface area (Å²) in [5.41, 5.74) is 6.79. The third-order valence-electron chi connectivity index (χ3n) is 3.60. The molecule has 0 amide bonds. The molecule has 0 radical (unpaired) electrons. The lowest BCUT2D eigenvalue weighted by Crippen LogP contribution is -1.98. The predicted octanol–water partition coefficient (Wildman–Crippen LogP) is 2.84. The van der Waals surface area contributed by atoms with E-state index in [9.17, 15) is 4.79 Å². The number of hydrogen-bond donors (Lipinski definition) is 0. The molecule has 0 N–H and O–H groups in total. The summed E-state index contributed by atoms with van der Waals surface area (Å²) in [6.07, 6.45) is 3.17. The normalized spacial score (nSPS) is 19.5. The zero-order valence-corrected chi connectivity index (χ0v) is 9.05. The van der Waals surface area contributed by atoms with Gasteiger partial charge in [0.25, 0.3) is 0 Å². The fraction of sp³-hybridized carbons (Fsp3) is 0.462. The van der Waals surface area contributed by atoms with Crippen molar-refractivity contribution in [3.8, 4) is 0 Å². The van der Waals surface area contributed by atoms with Gasteiger partial charge < -0.3 is 4.79 Å². The summed E-state index contributed by atoms with van der Waals surface area (Å²) in [6, 6.07) is 2.20. The number of hydrogen-bond acceptors (Lipinski definition) is 1. The van der Waals surface area contributed by atoms with Crippen molar-refractivity contribution in [1.29, 1.82) is 0 Å². The first kappa shape index (κ1) is 9.45. The maximum Gasteiger partial charge on any atom is 0.127 e. The summed E-state index contributed by atoms with van der Waals surface area (Å²) in [7, 11) is 0. The number of fused-ring (bicyclic) bond motifs is 1. The van der Waals surface area contributed by atoms with E-state index in [-0.39, 0.29) is 5.92 Å². The Balaban J connectivity index is 2.63. The molecular weight excluding hydrogens is 172 g/mol. The topological polar surface area (TPSA) is 17.1 Å². The van der Waals surface area contributed by atoms with Crippen LogP contribution in [-0.2, 0) is 11.2 Å². The van der Waals surface area contributed by atoms with Gasteiger partial charge in [0.15, 0.2) is 0 Å². The van der Waals surface area contributed by atoms with Crippen molar-refractivity contribution in [3.63, 3.8) is 0 Å². The third-order valence-corrected chi connectivity index (χ3v) is 3.60. The Morgan fingerprint density at radius 3 is 2.64 bits per heavy atom. The summed E-state index contributed by atoms with van der Waals surface area (Å²) in [6.45, 7) is 6.47. The Morgan fingerprint density at radius 2 is 2.00 bits per heavy atom. The van der Waals surface area contributed by atoms with E-state index in [1.807, 2.05) is 0 Å². The van der Waals surface area contributed by atoms with E-state index in [4.69, 9.17) is 0 Å². The third kappa shape index (κ3) is 1.19. The first-order valence-electron chi connectivity index (χ1n) is 5.20. The van der Waals surface area contributed by atoms with Crippen LogP contribution in [0.1, 0.15) is 40.2 Å². The smallest absolute Gasteiger partial charge is 0.127 e. The van der Waals surface area contributed by atoms with Crippen molar-refractivity contribution >= 4 is 6.29 Å². The summed E-state index contributed by atoms with van der Waals surface area (Å²) in [4.78, 5) is 10.9. The molecule has 1 aromatic carbocycles. The van der Waals surface area contributed by atoms with Gasteiger partial charge in [-0.15, -0.1) is 0 Å². The minimum Gasteiger partial charge on any atom is -0.303 e. The monoisotopic (exact) mass is 188 g/mol. The first-order chi connectivity index (χ1) is 6.65. The molecule has 74 valence electrons. The highest BCUT2D eigenvalue weighted by Crippen LogP contribution is 2.36. The summed E-state index contributed by atoms with van der Waals surface area (Å²) >= 11 is 0. The van der Waals surface area contributed by atoms with Gasteiger partial charge in [0.2, 0.25) is 0 Å². The number of benzene rings is 1. The Hall–Kier alpha value is -1.11. The molecule has 0 saturated carbocycles. The van der Waals surface area contributed by atoms with Crippen LogP contribution in [-0.4, -0.2) is 6.29 Å². The summed E-state index contributed by atoms with van der Waals surface area (Å²) in [5, 5.41) is 0. The van der Waals surface area contributed by atoms with E-state index in [2.05, 4.69) is 26.8 Å². The van der Waals surface area contributed by atoms with Gasteiger partial charge in [-0.3, -0.25) is 0 Å². The number of aldehydes is 1. The number of rotatable bonds is 1. The van der Waals surface area contributed by atoms with Crippen molar-refractivity contribution in [1.82, 2.24) is 0 Å². The van der Waals surface area contributed by atoms with E-state index in [0.717, 1.165) is 19.1 Å². The molecule has 1 aliphatic carbocycles. The predicted molar refractivity (Wildman–Crippen MR) is 57.8 cm³/mol. The van der Waals surface area contributed by atoms with Crippen LogP contribution in [0.2, 0.25) is 0 Å². The van der Waals surface area contributed by atoms with Crippen molar-refractivity contribution in [3.05, 3.63) is 33.9 Å². The molecule has 0 saturated heterocycles. The van der Waals surface area contributed by atoms with Crippen LogP contribution in [0.15, 0.2) is 6.07 Å². The SMILES string of the molecule is Cc1cc2c(c(C)c1C)CCC2C=O. The Morgan fingerprint density at radius 1 is 1.29 bits per heavy atom. The van der Waals surface area contributed by atoms with Crippen molar-refractivity contribution in [2.24, 2.45) is 0 Å². The van der Waals surface area contributed by atoms with Gasteiger partial charge in [0, 0.05) is 5.92 Å². The fourth-order valence-electron chi connectivity index (χ4n) is 2.43. The average Bonchev–Trinajstić information content (AvgIpc) is 2.57. The fourth-order valence-corrected chi connectivity index (χ4v) is 2.43. The quantitative estimate of drug-likeness (QED) is 0.619. The summed E-state index contributed by atoms with van der Waals surface area (Å²) < 4.78 is 0. The van der Waals surface area contributed by atoms with Crippen LogP contribution in [0.5, 0.6) is 0 Å². The molecule has 1 heteroatoms. The zero-order chi connectivity index (χ0) is 10.3. The van der Waals surface area contributed by atoms with Gasteiger partial charge in [-0.25, -0.2) is 0 Å². The van der Waals surface area contributed by atoms with Gasteiger partial charge in [-0.2, -0.15) is 0 Å². The standard InChI is InChI=1S/C13H16O/c1-8-6-13-11(7-14)4-5-12(13)10(3)9(8)2/h6-7,11H,4-5H2,1-3H3. The molecule has 2 rings (SSSR count). The van der Waals surface area contributed by atoms with Gasteiger partial charge in [-0.1, -0.05) is 6.07 Å². The van der Waals surface area contributed by atoms with Crippen LogP contribution in [0.25, 0.3) is 0 Å².